The van der Waals surface area contributed by atoms with E-state index in [0.717, 1.165) is 43.8 Å². The number of carbonyl (C=O) groups is 2. The molecule has 0 spiro atoms. The van der Waals surface area contributed by atoms with Gasteiger partial charge in [0, 0.05) is 11.1 Å². The quantitative estimate of drug-likeness (QED) is 0.164. The summed E-state index contributed by atoms with van der Waals surface area (Å²) in [6, 6.07) is 42.6. The predicted molar refractivity (Wildman–Crippen MR) is 170 cm³/mol. The molecule has 0 saturated heterocycles. The van der Waals surface area contributed by atoms with E-state index in [9.17, 15) is 9.59 Å². The van der Waals surface area contributed by atoms with Gasteiger partial charge in [-0.2, -0.15) is 10.2 Å². The molecular formula is C36H26N4O2. The van der Waals surface area contributed by atoms with Crippen molar-refractivity contribution in [2.24, 2.45) is 10.2 Å². The monoisotopic (exact) mass is 546 g/mol. The lowest BCUT2D eigenvalue weighted by Gasteiger charge is -2.06. The van der Waals surface area contributed by atoms with Crippen LogP contribution in [0.25, 0.3) is 32.7 Å². The highest BCUT2D eigenvalue weighted by Crippen LogP contribution is 2.21. The lowest BCUT2D eigenvalue weighted by Crippen LogP contribution is -2.17. The molecule has 6 rings (SSSR count). The number of rotatable bonds is 7. The summed E-state index contributed by atoms with van der Waals surface area (Å²) in [5.41, 5.74) is 9.81. The van der Waals surface area contributed by atoms with Crippen LogP contribution in [0.1, 0.15) is 31.8 Å². The molecule has 0 aromatic heterocycles. The number of hydrogen-bond acceptors (Lipinski definition) is 4. The summed E-state index contributed by atoms with van der Waals surface area (Å²) in [5, 5.41) is 12.7. The lowest BCUT2D eigenvalue weighted by molar-refractivity contribution is 0.0947. The van der Waals surface area contributed by atoms with E-state index >= 15 is 0 Å². The zero-order valence-electron chi connectivity index (χ0n) is 22.6. The molecule has 6 aromatic carbocycles. The second-order valence-electron chi connectivity index (χ2n) is 9.77. The van der Waals surface area contributed by atoms with Crippen LogP contribution in [-0.4, -0.2) is 24.2 Å². The van der Waals surface area contributed by atoms with E-state index in [4.69, 9.17) is 0 Å². The zero-order valence-corrected chi connectivity index (χ0v) is 22.6. The first-order chi connectivity index (χ1) is 20.6. The van der Waals surface area contributed by atoms with Gasteiger partial charge in [-0.3, -0.25) is 9.59 Å². The highest BCUT2D eigenvalue weighted by molar-refractivity contribution is 5.97. The van der Waals surface area contributed by atoms with Gasteiger partial charge in [0.05, 0.1) is 12.4 Å². The lowest BCUT2D eigenvalue weighted by atomic mass is 10.0. The standard InChI is InChI=1S/C36H26N4O2/c41-35(39-37-23-25-9-11-27-5-1-3-7-33(27)21-25)31-17-13-29(14-18-31)30-15-19-32(20-16-30)36(42)40-38-24-26-10-12-28-6-2-4-8-34(28)22-26/h1-24H,(H,39,41)(H,40,42)/b37-23+,38-24+. The van der Waals surface area contributed by atoms with E-state index in [1.165, 1.54) is 0 Å². The summed E-state index contributed by atoms with van der Waals surface area (Å²) < 4.78 is 0. The van der Waals surface area contributed by atoms with Crippen molar-refractivity contribution in [2.45, 2.75) is 0 Å². The van der Waals surface area contributed by atoms with Crippen molar-refractivity contribution in [1.29, 1.82) is 0 Å². The molecule has 0 aliphatic carbocycles. The first-order valence-electron chi connectivity index (χ1n) is 13.5. The van der Waals surface area contributed by atoms with Gasteiger partial charge in [0.25, 0.3) is 11.8 Å². The molecule has 0 atom stereocenters. The third-order valence-corrected chi connectivity index (χ3v) is 6.93. The number of amides is 2. The molecule has 0 bridgehead atoms. The maximum atomic E-state index is 12.6. The molecule has 202 valence electrons. The molecule has 0 aliphatic heterocycles. The molecule has 6 nitrogen and oxygen atoms in total. The number of hydrazone groups is 2. The van der Waals surface area contributed by atoms with Crippen LogP contribution >= 0.6 is 0 Å². The maximum absolute atomic E-state index is 12.6. The third kappa shape index (κ3) is 6.13. The van der Waals surface area contributed by atoms with Crippen LogP contribution < -0.4 is 10.9 Å². The maximum Gasteiger partial charge on any atom is 0.271 e. The van der Waals surface area contributed by atoms with Gasteiger partial charge in [-0.05, 0) is 80.2 Å². The molecule has 0 saturated carbocycles. The highest BCUT2D eigenvalue weighted by Gasteiger charge is 2.07. The Morgan fingerprint density at radius 3 is 1.24 bits per heavy atom. The second kappa shape index (κ2) is 12.1. The van der Waals surface area contributed by atoms with Gasteiger partial charge in [-0.15, -0.1) is 0 Å². The molecule has 2 amide bonds. The van der Waals surface area contributed by atoms with Crippen molar-refractivity contribution >= 4 is 45.8 Å². The zero-order chi connectivity index (χ0) is 28.7. The van der Waals surface area contributed by atoms with Gasteiger partial charge < -0.3 is 0 Å². The van der Waals surface area contributed by atoms with Crippen molar-refractivity contribution in [2.75, 3.05) is 0 Å². The van der Waals surface area contributed by atoms with Crippen LogP contribution in [0.2, 0.25) is 0 Å². The summed E-state index contributed by atoms with van der Waals surface area (Å²) in [5.74, 6) is -0.593. The minimum atomic E-state index is -0.296. The first kappa shape index (κ1) is 26.3. The number of carbonyl (C=O) groups excluding carboxylic acids is 2. The van der Waals surface area contributed by atoms with Gasteiger partial charge in [-0.25, -0.2) is 10.9 Å². The van der Waals surface area contributed by atoms with Crippen LogP contribution in [0, 0.1) is 0 Å². The molecule has 0 fully saturated rings. The van der Waals surface area contributed by atoms with E-state index in [2.05, 4.69) is 33.2 Å². The average Bonchev–Trinajstić information content (AvgIpc) is 3.04. The van der Waals surface area contributed by atoms with Crippen molar-refractivity contribution in [1.82, 2.24) is 10.9 Å². The van der Waals surface area contributed by atoms with Gasteiger partial charge >= 0.3 is 0 Å². The van der Waals surface area contributed by atoms with Gasteiger partial charge in [0.1, 0.15) is 0 Å². The van der Waals surface area contributed by atoms with Crippen molar-refractivity contribution in [3.63, 3.8) is 0 Å². The largest absolute Gasteiger partial charge is 0.271 e. The minimum absolute atomic E-state index is 0.296. The highest BCUT2D eigenvalue weighted by atomic mass is 16.2. The van der Waals surface area contributed by atoms with Crippen molar-refractivity contribution in [3.8, 4) is 11.1 Å². The Labute approximate surface area is 243 Å². The van der Waals surface area contributed by atoms with E-state index < -0.39 is 0 Å². The second-order valence-corrected chi connectivity index (χ2v) is 9.77. The van der Waals surface area contributed by atoms with Crippen LogP contribution in [0.15, 0.2) is 144 Å². The van der Waals surface area contributed by atoms with Gasteiger partial charge in [0.15, 0.2) is 0 Å². The Morgan fingerprint density at radius 1 is 0.452 bits per heavy atom. The Hall–Kier alpha value is -5.88. The first-order valence-corrected chi connectivity index (χ1v) is 13.5. The summed E-state index contributed by atoms with van der Waals surface area (Å²) >= 11 is 0. The molecule has 0 radical (unpaired) electrons. The fourth-order valence-corrected chi connectivity index (χ4v) is 4.66. The smallest absolute Gasteiger partial charge is 0.267 e. The number of nitrogens with one attached hydrogen (secondary N) is 2. The number of fused-ring (bicyclic) bond motifs is 2. The molecule has 0 unspecified atom stereocenters. The molecule has 6 aromatic rings. The van der Waals surface area contributed by atoms with E-state index in [-0.39, 0.29) is 11.8 Å². The van der Waals surface area contributed by atoms with Crippen LogP contribution in [0.5, 0.6) is 0 Å². The fourth-order valence-electron chi connectivity index (χ4n) is 4.66. The predicted octanol–water partition coefficient (Wildman–Crippen LogP) is 7.19. The van der Waals surface area contributed by atoms with E-state index in [1.807, 2.05) is 97.1 Å². The summed E-state index contributed by atoms with van der Waals surface area (Å²) in [6.07, 6.45) is 3.26. The SMILES string of the molecule is O=C(N/N=C/c1ccc2ccccc2c1)c1ccc(-c2ccc(C(=O)N/N=C/c3ccc4ccccc4c3)cc2)cc1. The van der Waals surface area contributed by atoms with Crippen LogP contribution in [0.4, 0.5) is 0 Å². The minimum Gasteiger partial charge on any atom is -0.267 e. The Bertz CT molecular complexity index is 1820. The van der Waals surface area contributed by atoms with Crippen molar-refractivity contribution < 1.29 is 9.59 Å². The normalized spacial score (nSPS) is 11.3. The molecule has 42 heavy (non-hydrogen) atoms. The number of hydrogen-bond donors (Lipinski definition) is 2. The summed E-state index contributed by atoms with van der Waals surface area (Å²) in [6.45, 7) is 0. The molecule has 6 heteroatoms. The van der Waals surface area contributed by atoms with Crippen molar-refractivity contribution in [3.05, 3.63) is 156 Å². The summed E-state index contributed by atoms with van der Waals surface area (Å²) in [7, 11) is 0. The van der Waals surface area contributed by atoms with Gasteiger partial charge in [0.2, 0.25) is 0 Å². The van der Waals surface area contributed by atoms with Crippen LogP contribution in [-0.2, 0) is 0 Å². The topological polar surface area (TPSA) is 82.9 Å². The van der Waals surface area contributed by atoms with E-state index in [1.54, 1.807) is 36.7 Å². The Morgan fingerprint density at radius 2 is 0.833 bits per heavy atom. The van der Waals surface area contributed by atoms with E-state index in [0.29, 0.717) is 11.1 Å². The number of benzene rings is 6. The van der Waals surface area contributed by atoms with Crippen LogP contribution in [0.3, 0.4) is 0 Å². The Kier molecular flexibility index (Phi) is 7.59. The molecule has 0 aliphatic rings. The third-order valence-electron chi connectivity index (χ3n) is 6.93. The molecule has 0 heterocycles. The number of nitrogens with zero attached hydrogens (tertiary/aromatic N) is 2. The molecular weight excluding hydrogens is 520 g/mol. The van der Waals surface area contributed by atoms with Gasteiger partial charge in [-0.1, -0.05) is 97.1 Å². The average molecular weight is 547 g/mol. The fraction of sp³-hybridized carbons (Fsp3) is 0. The Balaban J connectivity index is 1.04. The molecule has 2 N–H and O–H groups in total. The summed E-state index contributed by atoms with van der Waals surface area (Å²) in [4.78, 5) is 25.1.